The van der Waals surface area contributed by atoms with E-state index in [4.69, 9.17) is 10.00 Å². The number of pyridine rings is 1. The molecule has 19 heavy (non-hydrogen) atoms. The van der Waals surface area contributed by atoms with E-state index in [-0.39, 0.29) is 6.54 Å². The molecule has 1 aromatic rings. The average molecular weight is 261 g/mol. The number of rotatable bonds is 4. The molecule has 0 aliphatic carbocycles. The Labute approximate surface area is 111 Å². The summed E-state index contributed by atoms with van der Waals surface area (Å²) in [5.41, 5.74) is -0.510. The van der Waals surface area contributed by atoms with Crippen LogP contribution in [0.15, 0.2) is 18.2 Å². The minimum absolute atomic E-state index is 0.285. The van der Waals surface area contributed by atoms with Gasteiger partial charge in [0.05, 0.1) is 5.41 Å². The lowest BCUT2D eigenvalue weighted by atomic mass is 9.80. The van der Waals surface area contributed by atoms with E-state index in [1.807, 2.05) is 6.07 Å². The molecule has 1 saturated heterocycles. The number of nitrogens with one attached hydrogen (secondary N) is 1. The van der Waals surface area contributed by atoms with Crippen LogP contribution in [0.1, 0.15) is 18.5 Å². The maximum Gasteiger partial charge on any atom is 0.311 e. The molecule has 6 heteroatoms. The highest BCUT2D eigenvalue weighted by Crippen LogP contribution is 2.31. The van der Waals surface area contributed by atoms with Crippen molar-refractivity contribution in [3.8, 4) is 6.07 Å². The monoisotopic (exact) mass is 261 g/mol. The third-order valence-electron chi connectivity index (χ3n) is 3.38. The lowest BCUT2D eigenvalue weighted by Gasteiger charge is -2.33. The zero-order chi connectivity index (χ0) is 13.7. The summed E-state index contributed by atoms with van der Waals surface area (Å²) in [6.45, 7) is 1.20. The van der Waals surface area contributed by atoms with Crippen molar-refractivity contribution in [3.63, 3.8) is 0 Å². The van der Waals surface area contributed by atoms with Gasteiger partial charge in [0, 0.05) is 19.8 Å². The fourth-order valence-corrected chi connectivity index (χ4v) is 2.08. The van der Waals surface area contributed by atoms with Crippen LogP contribution in [0, 0.1) is 16.7 Å². The van der Waals surface area contributed by atoms with Crippen molar-refractivity contribution in [2.45, 2.75) is 12.8 Å². The van der Waals surface area contributed by atoms with E-state index in [0.29, 0.717) is 37.6 Å². The molecule has 1 fully saturated rings. The highest BCUT2D eigenvalue weighted by Gasteiger charge is 2.40. The summed E-state index contributed by atoms with van der Waals surface area (Å²) in [5, 5.41) is 21.2. The quantitative estimate of drug-likeness (QED) is 0.846. The molecule has 2 heterocycles. The molecule has 100 valence electrons. The minimum Gasteiger partial charge on any atom is -0.481 e. The van der Waals surface area contributed by atoms with Gasteiger partial charge in [0.15, 0.2) is 0 Å². The lowest BCUT2D eigenvalue weighted by Crippen LogP contribution is -2.42. The van der Waals surface area contributed by atoms with Crippen molar-refractivity contribution >= 4 is 11.8 Å². The molecule has 0 spiro atoms. The molecule has 1 aliphatic heterocycles. The summed E-state index contributed by atoms with van der Waals surface area (Å²) in [6, 6.07) is 6.99. The van der Waals surface area contributed by atoms with Crippen molar-refractivity contribution in [1.82, 2.24) is 4.98 Å². The second-order valence-corrected chi connectivity index (χ2v) is 4.57. The van der Waals surface area contributed by atoms with Crippen molar-refractivity contribution in [2.24, 2.45) is 5.41 Å². The van der Waals surface area contributed by atoms with Gasteiger partial charge in [-0.3, -0.25) is 4.79 Å². The first-order valence-corrected chi connectivity index (χ1v) is 6.08. The first-order chi connectivity index (χ1) is 9.16. The number of aromatic nitrogens is 1. The van der Waals surface area contributed by atoms with E-state index >= 15 is 0 Å². The molecule has 0 amide bonds. The van der Waals surface area contributed by atoms with Crippen LogP contribution >= 0.6 is 0 Å². The smallest absolute Gasteiger partial charge is 0.311 e. The van der Waals surface area contributed by atoms with Gasteiger partial charge in [0.1, 0.15) is 17.6 Å². The van der Waals surface area contributed by atoms with E-state index in [0.717, 1.165) is 0 Å². The molecule has 0 atom stereocenters. The Morgan fingerprint density at radius 1 is 1.53 bits per heavy atom. The van der Waals surface area contributed by atoms with Crippen LogP contribution in [0.25, 0.3) is 0 Å². The first-order valence-electron chi connectivity index (χ1n) is 6.08. The standard InChI is InChI=1S/C13H15N3O3/c14-8-10-2-1-3-11(16-10)15-9-13(12(17)18)4-6-19-7-5-13/h1-3H,4-7,9H2,(H,15,16)(H,17,18). The number of aliphatic carboxylic acids is 1. The minimum atomic E-state index is -0.820. The molecule has 6 nitrogen and oxygen atoms in total. The van der Waals surface area contributed by atoms with Gasteiger partial charge >= 0.3 is 5.97 Å². The van der Waals surface area contributed by atoms with Crippen LogP contribution in [-0.4, -0.2) is 35.8 Å². The summed E-state index contributed by atoms with van der Waals surface area (Å²) in [7, 11) is 0. The predicted molar refractivity (Wildman–Crippen MR) is 67.6 cm³/mol. The van der Waals surface area contributed by atoms with Crippen LogP contribution in [0.3, 0.4) is 0 Å². The largest absolute Gasteiger partial charge is 0.481 e. The molecule has 1 aliphatic rings. The number of ether oxygens (including phenoxy) is 1. The Kier molecular flexibility index (Phi) is 3.97. The van der Waals surface area contributed by atoms with Gasteiger partial charge in [-0.2, -0.15) is 5.26 Å². The molecule has 0 unspecified atom stereocenters. The Bertz CT molecular complexity index is 504. The molecular weight excluding hydrogens is 246 g/mol. The van der Waals surface area contributed by atoms with Crippen molar-refractivity contribution < 1.29 is 14.6 Å². The molecule has 1 aromatic heterocycles. The van der Waals surface area contributed by atoms with Crippen LogP contribution < -0.4 is 5.32 Å². The molecule has 0 bridgehead atoms. The van der Waals surface area contributed by atoms with Crippen LogP contribution in [0.2, 0.25) is 0 Å². The second-order valence-electron chi connectivity index (χ2n) is 4.57. The fraction of sp³-hybridized carbons (Fsp3) is 0.462. The number of hydrogen-bond acceptors (Lipinski definition) is 5. The van der Waals surface area contributed by atoms with Gasteiger partial charge in [-0.15, -0.1) is 0 Å². The van der Waals surface area contributed by atoms with E-state index in [2.05, 4.69) is 10.3 Å². The molecule has 0 aromatic carbocycles. The molecular formula is C13H15N3O3. The normalized spacial score (nSPS) is 17.4. The maximum atomic E-state index is 11.5. The van der Waals surface area contributed by atoms with Gasteiger partial charge in [-0.25, -0.2) is 4.98 Å². The van der Waals surface area contributed by atoms with Gasteiger partial charge in [-0.05, 0) is 25.0 Å². The Morgan fingerprint density at radius 3 is 2.89 bits per heavy atom. The van der Waals surface area contributed by atoms with E-state index in [1.54, 1.807) is 18.2 Å². The molecule has 2 N–H and O–H groups in total. The van der Waals surface area contributed by atoms with Gasteiger partial charge in [-0.1, -0.05) is 6.07 Å². The highest BCUT2D eigenvalue weighted by atomic mass is 16.5. The van der Waals surface area contributed by atoms with E-state index in [9.17, 15) is 9.90 Å². The van der Waals surface area contributed by atoms with Crippen molar-refractivity contribution in [2.75, 3.05) is 25.1 Å². The zero-order valence-corrected chi connectivity index (χ0v) is 10.4. The molecule has 0 radical (unpaired) electrons. The SMILES string of the molecule is N#Cc1cccc(NCC2(C(=O)O)CCOCC2)n1. The summed E-state index contributed by atoms with van der Waals surface area (Å²) in [5.74, 6) is -0.300. The summed E-state index contributed by atoms with van der Waals surface area (Å²) < 4.78 is 5.21. The molecule has 0 saturated carbocycles. The Morgan fingerprint density at radius 2 is 2.26 bits per heavy atom. The van der Waals surface area contributed by atoms with Crippen LogP contribution in [-0.2, 0) is 9.53 Å². The Balaban J connectivity index is 2.06. The number of nitrogens with zero attached hydrogens (tertiary/aromatic N) is 2. The lowest BCUT2D eigenvalue weighted by molar-refractivity contribution is -0.153. The predicted octanol–water partition coefficient (Wildman–Crippen LogP) is 1.25. The van der Waals surface area contributed by atoms with Gasteiger partial charge < -0.3 is 15.2 Å². The number of carboxylic acid groups (broad SMARTS) is 1. The Hall–Kier alpha value is -2.13. The van der Waals surface area contributed by atoms with Gasteiger partial charge in [0.25, 0.3) is 0 Å². The third kappa shape index (κ3) is 3.01. The van der Waals surface area contributed by atoms with Crippen LogP contribution in [0.4, 0.5) is 5.82 Å². The number of anilines is 1. The van der Waals surface area contributed by atoms with E-state index in [1.165, 1.54) is 0 Å². The highest BCUT2D eigenvalue weighted by molar-refractivity contribution is 5.75. The topological polar surface area (TPSA) is 95.2 Å². The number of hydrogen-bond donors (Lipinski definition) is 2. The van der Waals surface area contributed by atoms with Gasteiger partial charge in [0.2, 0.25) is 0 Å². The van der Waals surface area contributed by atoms with Crippen molar-refractivity contribution in [1.29, 1.82) is 5.26 Å². The summed E-state index contributed by atoms with van der Waals surface area (Å²) in [6.07, 6.45) is 0.959. The summed E-state index contributed by atoms with van der Waals surface area (Å²) >= 11 is 0. The van der Waals surface area contributed by atoms with Crippen molar-refractivity contribution in [3.05, 3.63) is 23.9 Å². The summed E-state index contributed by atoms with van der Waals surface area (Å²) in [4.78, 5) is 15.5. The maximum absolute atomic E-state index is 11.5. The average Bonchev–Trinajstić information content (AvgIpc) is 2.46. The second kappa shape index (κ2) is 5.67. The number of nitriles is 1. The number of carbonyl (C=O) groups is 1. The fourth-order valence-electron chi connectivity index (χ4n) is 2.08. The van der Waals surface area contributed by atoms with Crippen LogP contribution in [0.5, 0.6) is 0 Å². The zero-order valence-electron chi connectivity index (χ0n) is 10.4. The molecule has 2 rings (SSSR count). The number of carboxylic acids is 1. The first kappa shape index (κ1) is 13.3. The third-order valence-corrected chi connectivity index (χ3v) is 3.38. The van der Waals surface area contributed by atoms with E-state index < -0.39 is 11.4 Å².